The highest BCUT2D eigenvalue weighted by Crippen LogP contribution is 2.21. The smallest absolute Gasteiger partial charge is 0.247 e. The number of carbonyl (C=O) groups excluding carboxylic acids is 1. The van der Waals surface area contributed by atoms with E-state index in [0.717, 1.165) is 10.6 Å². The van der Waals surface area contributed by atoms with E-state index in [1.807, 2.05) is 35.7 Å². The van der Waals surface area contributed by atoms with Gasteiger partial charge in [0.05, 0.1) is 6.54 Å². The number of rotatable bonds is 4. The van der Waals surface area contributed by atoms with Gasteiger partial charge in [0, 0.05) is 18.6 Å². The van der Waals surface area contributed by atoms with Crippen molar-refractivity contribution < 1.29 is 4.79 Å². The maximum Gasteiger partial charge on any atom is 0.247 e. The molecule has 0 aliphatic rings. The molecular weight excluding hydrogens is 329 g/mol. The molecule has 0 bridgehead atoms. The minimum absolute atomic E-state index is 0. The third-order valence-corrected chi connectivity index (χ3v) is 3.78. The number of nitrogens with zero attached hydrogens (tertiary/aromatic N) is 2. The van der Waals surface area contributed by atoms with Gasteiger partial charge in [-0.25, -0.2) is 4.98 Å². The average Bonchev–Trinajstić information content (AvgIpc) is 2.91. The first-order chi connectivity index (χ1) is 9.01. The second-order valence-electron chi connectivity index (χ2n) is 4.66. The maximum absolute atomic E-state index is 12.5. The van der Waals surface area contributed by atoms with Crippen LogP contribution in [-0.4, -0.2) is 22.8 Å². The Morgan fingerprint density at radius 2 is 1.95 bits per heavy atom. The van der Waals surface area contributed by atoms with Crippen molar-refractivity contribution in [1.82, 2.24) is 9.88 Å². The van der Waals surface area contributed by atoms with Crippen molar-refractivity contribution in [3.05, 3.63) is 52.5 Å². The molecule has 2 N–H and O–H groups in total. The lowest BCUT2D eigenvalue weighted by molar-refractivity contribution is -0.136. The van der Waals surface area contributed by atoms with Gasteiger partial charge in [0.15, 0.2) is 0 Å². The molecule has 1 amide bonds. The molecule has 0 saturated heterocycles. The van der Waals surface area contributed by atoms with Crippen LogP contribution in [0, 0.1) is 0 Å². The molecule has 1 aromatic heterocycles. The van der Waals surface area contributed by atoms with Crippen molar-refractivity contribution in [2.75, 3.05) is 7.05 Å². The third kappa shape index (κ3) is 4.68. The monoisotopic (exact) mass is 347 g/mol. The predicted molar refractivity (Wildman–Crippen MR) is 91.1 cm³/mol. The van der Waals surface area contributed by atoms with Crippen molar-refractivity contribution in [3.8, 4) is 0 Å². The molecule has 1 atom stereocenters. The highest BCUT2D eigenvalue weighted by molar-refractivity contribution is 7.09. The Morgan fingerprint density at radius 3 is 2.48 bits per heavy atom. The maximum atomic E-state index is 12.5. The van der Waals surface area contributed by atoms with E-state index in [0.29, 0.717) is 6.54 Å². The molecule has 7 heteroatoms. The molecule has 0 radical (unpaired) electrons. The topological polar surface area (TPSA) is 59.2 Å². The highest BCUT2D eigenvalue weighted by atomic mass is 35.5. The number of hydrogen-bond donors (Lipinski definition) is 1. The first-order valence-corrected chi connectivity index (χ1v) is 6.88. The van der Waals surface area contributed by atoms with Crippen molar-refractivity contribution in [2.24, 2.45) is 5.73 Å². The molecule has 116 valence electrons. The molecule has 21 heavy (non-hydrogen) atoms. The molecule has 1 aromatic carbocycles. The second kappa shape index (κ2) is 8.34. The van der Waals surface area contributed by atoms with Gasteiger partial charge in [-0.15, -0.1) is 36.2 Å². The van der Waals surface area contributed by atoms with Crippen LogP contribution in [0.4, 0.5) is 0 Å². The second-order valence-corrected chi connectivity index (χ2v) is 5.63. The summed E-state index contributed by atoms with van der Waals surface area (Å²) in [7, 11) is 1.75. The fourth-order valence-corrected chi connectivity index (χ4v) is 2.58. The third-order valence-electron chi connectivity index (χ3n) is 3.02. The lowest BCUT2D eigenvalue weighted by Crippen LogP contribution is -2.49. The fourth-order valence-electron chi connectivity index (χ4n) is 1.91. The zero-order valence-electron chi connectivity index (χ0n) is 11.9. The lowest BCUT2D eigenvalue weighted by Gasteiger charge is -2.29. The summed E-state index contributed by atoms with van der Waals surface area (Å²) in [5.41, 5.74) is 5.99. The number of nitrogens with two attached hydrogens (primary N) is 1. The molecule has 4 nitrogen and oxygen atoms in total. The van der Waals surface area contributed by atoms with E-state index in [9.17, 15) is 4.79 Å². The number of halogens is 2. The predicted octanol–water partition coefficient (Wildman–Crippen LogP) is 2.82. The van der Waals surface area contributed by atoms with Crippen LogP contribution < -0.4 is 5.73 Å². The summed E-state index contributed by atoms with van der Waals surface area (Å²) in [6, 6.07) is 9.41. The molecule has 1 heterocycles. The van der Waals surface area contributed by atoms with Gasteiger partial charge in [-0.3, -0.25) is 4.79 Å². The van der Waals surface area contributed by atoms with Gasteiger partial charge in [-0.05, 0) is 12.5 Å². The Morgan fingerprint density at radius 1 is 1.33 bits per heavy atom. The van der Waals surface area contributed by atoms with E-state index in [-0.39, 0.29) is 30.7 Å². The number of thiazole rings is 1. The first-order valence-electron chi connectivity index (χ1n) is 6.00. The first kappa shape index (κ1) is 19.9. The molecule has 0 aliphatic heterocycles. The van der Waals surface area contributed by atoms with E-state index in [4.69, 9.17) is 5.73 Å². The van der Waals surface area contributed by atoms with Gasteiger partial charge < -0.3 is 10.6 Å². The lowest BCUT2D eigenvalue weighted by atomic mass is 9.92. The fraction of sp³-hybridized carbons (Fsp3) is 0.286. The molecule has 0 spiro atoms. The van der Waals surface area contributed by atoms with Crippen molar-refractivity contribution in [1.29, 1.82) is 0 Å². The molecule has 2 rings (SSSR count). The summed E-state index contributed by atoms with van der Waals surface area (Å²) in [6.07, 6.45) is 1.73. The molecule has 0 aliphatic carbocycles. The zero-order chi connectivity index (χ0) is 13.9. The Labute approximate surface area is 141 Å². The molecule has 0 fully saturated rings. The Bertz CT molecular complexity index is 547. The van der Waals surface area contributed by atoms with Gasteiger partial charge in [0.25, 0.3) is 0 Å². The van der Waals surface area contributed by atoms with E-state index in [1.165, 1.54) is 11.3 Å². The normalized spacial score (nSPS) is 12.5. The van der Waals surface area contributed by atoms with Gasteiger partial charge in [-0.1, -0.05) is 30.3 Å². The number of carbonyl (C=O) groups is 1. The highest BCUT2D eigenvalue weighted by Gasteiger charge is 2.33. The zero-order valence-corrected chi connectivity index (χ0v) is 14.3. The van der Waals surface area contributed by atoms with Gasteiger partial charge in [-0.2, -0.15) is 0 Å². The molecule has 0 saturated carbocycles. The minimum Gasteiger partial charge on any atom is -0.337 e. The van der Waals surface area contributed by atoms with Crippen LogP contribution in [0.2, 0.25) is 0 Å². The number of amides is 1. The Hall–Kier alpha value is -1.14. The number of aromatic nitrogens is 1. The summed E-state index contributed by atoms with van der Waals surface area (Å²) in [5, 5.41) is 2.80. The van der Waals surface area contributed by atoms with Crippen LogP contribution in [0.15, 0.2) is 41.9 Å². The number of hydrogen-bond acceptors (Lipinski definition) is 4. The van der Waals surface area contributed by atoms with Gasteiger partial charge in [0.1, 0.15) is 10.5 Å². The van der Waals surface area contributed by atoms with Crippen molar-refractivity contribution in [2.45, 2.75) is 19.0 Å². The summed E-state index contributed by atoms with van der Waals surface area (Å²) >= 11 is 1.53. The standard InChI is InChI=1S/C14H17N3OS.2ClH/c1-14(15,11-6-4-3-5-7-11)13(18)17(2)10-12-16-8-9-19-12;;/h3-9H,10,15H2,1-2H3;2*1H. The SMILES string of the molecule is CN(Cc1nccs1)C(=O)C(C)(N)c1ccccc1.Cl.Cl. The van der Waals surface area contributed by atoms with Crippen LogP contribution >= 0.6 is 36.2 Å². The molecular formula is C14H19Cl2N3OS. The van der Waals surface area contributed by atoms with Gasteiger partial charge in [0.2, 0.25) is 5.91 Å². The van der Waals surface area contributed by atoms with Crippen LogP contribution in [0.1, 0.15) is 17.5 Å². The summed E-state index contributed by atoms with van der Waals surface area (Å²) in [4.78, 5) is 18.3. The van der Waals surface area contributed by atoms with E-state index in [1.54, 1.807) is 25.1 Å². The Kier molecular flexibility index (Phi) is 7.89. The number of benzene rings is 1. The van der Waals surface area contributed by atoms with Crippen LogP contribution in [0.3, 0.4) is 0 Å². The summed E-state index contributed by atoms with van der Waals surface area (Å²) in [5.74, 6) is -0.117. The van der Waals surface area contributed by atoms with Crippen molar-refractivity contribution in [3.63, 3.8) is 0 Å². The number of likely N-dealkylation sites (N-methyl/N-ethyl adjacent to an activating group) is 1. The quantitative estimate of drug-likeness (QED) is 0.924. The van der Waals surface area contributed by atoms with E-state index >= 15 is 0 Å². The molecule has 1 unspecified atom stereocenters. The largest absolute Gasteiger partial charge is 0.337 e. The van der Waals surface area contributed by atoms with Crippen molar-refractivity contribution >= 4 is 42.1 Å². The molecule has 2 aromatic rings. The Balaban J connectivity index is 0.00000200. The summed E-state index contributed by atoms with van der Waals surface area (Å²) in [6.45, 7) is 2.22. The van der Waals surface area contributed by atoms with Crippen LogP contribution in [0.5, 0.6) is 0 Å². The van der Waals surface area contributed by atoms with Gasteiger partial charge >= 0.3 is 0 Å². The van der Waals surface area contributed by atoms with Crippen LogP contribution in [0.25, 0.3) is 0 Å². The minimum atomic E-state index is -1.02. The van der Waals surface area contributed by atoms with Crippen LogP contribution in [-0.2, 0) is 16.9 Å². The average molecular weight is 348 g/mol. The summed E-state index contributed by atoms with van der Waals surface area (Å²) < 4.78 is 0. The van der Waals surface area contributed by atoms with E-state index < -0.39 is 5.54 Å². The van der Waals surface area contributed by atoms with E-state index in [2.05, 4.69) is 4.98 Å².